The number of aliphatic hydroxyl groups is 2. The van der Waals surface area contributed by atoms with Gasteiger partial charge in [-0.15, -0.1) is 0 Å². The van der Waals surface area contributed by atoms with Crippen molar-refractivity contribution in [1.82, 2.24) is 0 Å². The van der Waals surface area contributed by atoms with Crippen LogP contribution in [0.5, 0.6) is 0 Å². The molecule has 0 fully saturated rings. The second kappa shape index (κ2) is 22.0. The molecule has 0 aromatic heterocycles. The molecule has 0 amide bonds. The number of rotatable bonds is 25. The van der Waals surface area contributed by atoms with Crippen LogP contribution in [0.25, 0.3) is 0 Å². The lowest BCUT2D eigenvalue weighted by Gasteiger charge is -2.26. The average Bonchev–Trinajstić information content (AvgIpc) is 2.83. The predicted molar refractivity (Wildman–Crippen MR) is 141 cm³/mol. The number of carbonyl (C=O) groups excluding carboxylic acids is 3. The van der Waals surface area contributed by atoms with Gasteiger partial charge in [-0.05, 0) is 20.3 Å². The van der Waals surface area contributed by atoms with E-state index in [1.807, 2.05) is 0 Å². The number of ether oxygens (including phenoxy) is 1. The van der Waals surface area contributed by atoms with Crippen LogP contribution >= 0.6 is 0 Å². The molecule has 0 spiro atoms. The van der Waals surface area contributed by atoms with Crippen LogP contribution in [-0.2, 0) is 19.1 Å². The number of aliphatic hydroxyl groups excluding tert-OH is 2. The highest BCUT2D eigenvalue weighted by Crippen LogP contribution is 2.30. The Morgan fingerprint density at radius 3 is 1.31 bits per heavy atom. The summed E-state index contributed by atoms with van der Waals surface area (Å²) < 4.78 is 4.98. The van der Waals surface area contributed by atoms with Crippen molar-refractivity contribution in [2.75, 3.05) is 13.2 Å². The Kier molecular flexibility index (Phi) is 21.2. The van der Waals surface area contributed by atoms with Crippen LogP contribution in [0.15, 0.2) is 0 Å². The number of esters is 1. The van der Waals surface area contributed by atoms with Crippen molar-refractivity contribution in [2.24, 2.45) is 5.41 Å². The van der Waals surface area contributed by atoms with Crippen LogP contribution in [0.4, 0.5) is 0 Å². The molecule has 35 heavy (non-hydrogen) atoms. The second-order valence-corrected chi connectivity index (χ2v) is 10.2. The van der Waals surface area contributed by atoms with E-state index in [2.05, 4.69) is 6.92 Å². The van der Waals surface area contributed by atoms with Gasteiger partial charge in [0.2, 0.25) is 0 Å². The van der Waals surface area contributed by atoms with Crippen LogP contribution in [0.3, 0.4) is 0 Å². The van der Waals surface area contributed by atoms with Crippen molar-refractivity contribution in [3.8, 4) is 0 Å². The lowest BCUT2D eigenvalue weighted by molar-refractivity contribution is -0.166. The van der Waals surface area contributed by atoms with Gasteiger partial charge in [0.25, 0.3) is 0 Å². The highest BCUT2D eigenvalue weighted by Gasteiger charge is 2.49. The molecule has 0 saturated heterocycles. The van der Waals surface area contributed by atoms with E-state index < -0.39 is 42.3 Å². The van der Waals surface area contributed by atoms with E-state index in [0.717, 1.165) is 19.3 Å². The molecule has 206 valence electrons. The summed E-state index contributed by atoms with van der Waals surface area (Å²) in [4.78, 5) is 37.0. The van der Waals surface area contributed by atoms with Crippen LogP contribution in [0, 0.1) is 5.41 Å². The Hall–Kier alpha value is -1.27. The van der Waals surface area contributed by atoms with Gasteiger partial charge in [0.05, 0.1) is 6.61 Å². The first-order valence-corrected chi connectivity index (χ1v) is 14.3. The molecule has 0 aromatic carbocycles. The number of hydrogen-bond acceptors (Lipinski definition) is 6. The topological polar surface area (TPSA) is 101 Å². The molecule has 0 saturated carbocycles. The molecule has 0 aliphatic rings. The van der Waals surface area contributed by atoms with E-state index in [4.69, 9.17) is 9.84 Å². The molecule has 2 N–H and O–H groups in total. The molecule has 0 radical (unpaired) electrons. The number of unbranched alkanes of at least 4 members (excludes halogenated alkanes) is 17. The van der Waals surface area contributed by atoms with E-state index in [9.17, 15) is 19.5 Å². The van der Waals surface area contributed by atoms with E-state index in [0.29, 0.717) is 6.42 Å². The molecule has 0 bridgehead atoms. The maximum Gasteiger partial charge on any atom is 0.327 e. The highest BCUT2D eigenvalue weighted by molar-refractivity contribution is 6.21. The molecule has 0 rings (SSSR count). The van der Waals surface area contributed by atoms with Gasteiger partial charge >= 0.3 is 5.97 Å². The summed E-state index contributed by atoms with van der Waals surface area (Å²) in [5.41, 5.74) is -1.80. The Morgan fingerprint density at radius 2 is 1.00 bits per heavy atom. The first-order valence-electron chi connectivity index (χ1n) is 14.3. The van der Waals surface area contributed by atoms with Crippen LogP contribution in [0.1, 0.15) is 143 Å². The number of ketones is 2. The average molecular weight is 499 g/mol. The Balaban J connectivity index is 3.87. The Bertz CT molecular complexity index is 545. The second-order valence-electron chi connectivity index (χ2n) is 10.2. The third-order valence-electron chi connectivity index (χ3n) is 7.07. The zero-order valence-corrected chi connectivity index (χ0v) is 23.0. The van der Waals surface area contributed by atoms with E-state index in [-0.39, 0.29) is 6.42 Å². The van der Waals surface area contributed by atoms with Gasteiger partial charge in [0.1, 0.15) is 12.7 Å². The minimum absolute atomic E-state index is 0.129. The predicted octanol–water partition coefficient (Wildman–Crippen LogP) is 6.48. The van der Waals surface area contributed by atoms with Crippen molar-refractivity contribution in [1.29, 1.82) is 0 Å². The summed E-state index contributed by atoms with van der Waals surface area (Å²) in [7, 11) is 0. The third-order valence-corrected chi connectivity index (χ3v) is 7.07. The fourth-order valence-electron chi connectivity index (χ4n) is 4.63. The Labute approximate surface area is 214 Å². The standard InChI is InChI=1S/C29H54O6/c1-4-5-6-7-8-9-10-11-12-13-14-15-16-17-18-19-20-21-22-29(25(2)31,26(3)32)28(34)35-24-27(33)23-30/h27,30,33H,4-24H2,1-3H3. The molecule has 0 aliphatic carbocycles. The van der Waals surface area contributed by atoms with Crippen molar-refractivity contribution >= 4 is 17.5 Å². The van der Waals surface area contributed by atoms with Crippen molar-refractivity contribution < 1.29 is 29.3 Å². The zero-order valence-electron chi connectivity index (χ0n) is 23.0. The maximum absolute atomic E-state index is 12.5. The summed E-state index contributed by atoms with van der Waals surface area (Å²) in [6.45, 7) is 3.74. The molecule has 1 unspecified atom stereocenters. The number of Topliss-reactive ketones (excluding diaryl/α,β-unsaturated/α-hetero) is 2. The van der Waals surface area contributed by atoms with Gasteiger partial charge in [0, 0.05) is 0 Å². The third kappa shape index (κ3) is 15.4. The lowest BCUT2D eigenvalue weighted by atomic mass is 9.75. The van der Waals surface area contributed by atoms with Crippen molar-refractivity contribution in [3.63, 3.8) is 0 Å². The lowest BCUT2D eigenvalue weighted by Crippen LogP contribution is -2.46. The molecule has 6 nitrogen and oxygen atoms in total. The number of hydrogen-bond donors (Lipinski definition) is 2. The Morgan fingerprint density at radius 1 is 0.657 bits per heavy atom. The van der Waals surface area contributed by atoms with E-state index in [1.165, 1.54) is 104 Å². The molecular formula is C29H54O6. The fraction of sp³-hybridized carbons (Fsp3) is 0.897. The molecule has 1 atom stereocenters. The summed E-state index contributed by atoms with van der Waals surface area (Å²) in [5, 5.41) is 18.3. The summed E-state index contributed by atoms with van der Waals surface area (Å²) in [6.07, 6.45) is 21.4. The normalized spacial score (nSPS) is 12.5. The van der Waals surface area contributed by atoms with Crippen LogP contribution in [0.2, 0.25) is 0 Å². The fourth-order valence-corrected chi connectivity index (χ4v) is 4.63. The quantitative estimate of drug-likeness (QED) is 0.0849. The van der Waals surface area contributed by atoms with E-state index in [1.54, 1.807) is 0 Å². The van der Waals surface area contributed by atoms with Gasteiger partial charge in [-0.2, -0.15) is 0 Å². The first kappa shape index (κ1) is 33.7. The van der Waals surface area contributed by atoms with E-state index >= 15 is 0 Å². The van der Waals surface area contributed by atoms with Crippen LogP contribution < -0.4 is 0 Å². The summed E-state index contributed by atoms with van der Waals surface area (Å²) >= 11 is 0. The first-order chi connectivity index (χ1) is 16.8. The van der Waals surface area contributed by atoms with Gasteiger partial charge in [-0.3, -0.25) is 14.4 Å². The highest BCUT2D eigenvalue weighted by atomic mass is 16.5. The molecular weight excluding hydrogens is 444 g/mol. The van der Waals surface area contributed by atoms with Crippen LogP contribution in [-0.4, -0.2) is 47.1 Å². The van der Waals surface area contributed by atoms with Gasteiger partial charge < -0.3 is 14.9 Å². The van der Waals surface area contributed by atoms with Gasteiger partial charge in [-0.1, -0.05) is 122 Å². The SMILES string of the molecule is CCCCCCCCCCCCCCCCCCCCC(C(C)=O)(C(C)=O)C(=O)OCC(O)CO. The molecule has 0 heterocycles. The zero-order chi connectivity index (χ0) is 26.4. The molecule has 0 aromatic rings. The smallest absolute Gasteiger partial charge is 0.327 e. The largest absolute Gasteiger partial charge is 0.462 e. The molecule has 0 aliphatic heterocycles. The maximum atomic E-state index is 12.5. The summed E-state index contributed by atoms with van der Waals surface area (Å²) in [6, 6.07) is 0. The monoisotopic (exact) mass is 498 g/mol. The summed E-state index contributed by atoms with van der Waals surface area (Å²) in [5.74, 6) is -1.97. The molecule has 6 heteroatoms. The van der Waals surface area contributed by atoms with Crippen molar-refractivity contribution in [2.45, 2.75) is 149 Å². The van der Waals surface area contributed by atoms with Crippen molar-refractivity contribution in [3.05, 3.63) is 0 Å². The minimum Gasteiger partial charge on any atom is -0.462 e. The van der Waals surface area contributed by atoms with Gasteiger partial charge in [-0.25, -0.2) is 0 Å². The minimum atomic E-state index is -1.80. The van der Waals surface area contributed by atoms with Gasteiger partial charge in [0.15, 0.2) is 17.0 Å². The number of carbonyl (C=O) groups is 3.